The number of nitrogens with one attached hydrogen (secondary N) is 1. The molecule has 0 aromatic heterocycles. The Hall–Kier alpha value is -4.06. The fourth-order valence-corrected chi connectivity index (χ4v) is 9.79. The van der Waals surface area contributed by atoms with Gasteiger partial charge in [-0.15, -0.1) is 0 Å². The average molecular weight is 824 g/mol. The molecule has 6 rings (SSSR count). The van der Waals surface area contributed by atoms with Crippen LogP contribution in [0.2, 0.25) is 0 Å². The molecule has 1 unspecified atom stereocenters. The van der Waals surface area contributed by atoms with E-state index in [1.54, 1.807) is 77.1 Å². The van der Waals surface area contributed by atoms with Crippen LogP contribution in [0.25, 0.3) is 0 Å². The average Bonchev–Trinajstić information content (AvgIpc) is 3.15. The number of carbonyl (C=O) groups excluding carboxylic acids is 4. The molecule has 2 aromatic carbocycles. The molecule has 0 radical (unpaired) electrons. The molecule has 1 saturated heterocycles. The van der Waals surface area contributed by atoms with Gasteiger partial charge in [-0.2, -0.15) is 0 Å². The topological polar surface area (TPSA) is 228 Å². The number of ketones is 1. The molecule has 0 spiro atoms. The van der Waals surface area contributed by atoms with Gasteiger partial charge in [0, 0.05) is 25.2 Å². The lowest BCUT2D eigenvalue weighted by Crippen LogP contribution is -2.81. The molecule has 59 heavy (non-hydrogen) atoms. The standard InChI is InChI=1S/C44H57NO14/c1-22-15-17-25(18-16-22)31(45-39(53)59-40(4,5)6)33(49)38(52)56-27-20-44(54)36(57-37(51)26-13-11-10-12-14-26)34-42(9,35(50)32(48)30(23(27)2)41(44,7)8)28(47)19-29-43(34,21-55-29)58-24(3)46/h10-18,27-29,31-34,36,39,45,47-49,53-54H,19-21H2,1-9H3/t27-,28-,29+,31-,32+,33+,34-,36-,39?,42+,43-,44+/m0/s1. The van der Waals surface area contributed by atoms with Crippen molar-refractivity contribution in [2.75, 3.05) is 6.61 Å². The molecular formula is C44H57NO14. The Labute approximate surface area is 343 Å². The number of ether oxygens (including phenoxy) is 5. The molecule has 6 N–H and O–H groups in total. The third kappa shape index (κ3) is 7.65. The smallest absolute Gasteiger partial charge is 0.338 e. The number of fused-ring (bicyclic) bond motifs is 5. The van der Waals surface area contributed by atoms with Crippen LogP contribution in [0, 0.1) is 23.7 Å². The minimum Gasteiger partial charge on any atom is -0.456 e. The Morgan fingerprint density at radius 3 is 2.14 bits per heavy atom. The first-order valence-electron chi connectivity index (χ1n) is 19.9. The van der Waals surface area contributed by atoms with Gasteiger partial charge >= 0.3 is 17.9 Å². The monoisotopic (exact) mass is 823 g/mol. The summed E-state index contributed by atoms with van der Waals surface area (Å²) in [6.07, 6.45) is -12.1. The summed E-state index contributed by atoms with van der Waals surface area (Å²) in [6.45, 7) is 13.9. The maximum atomic E-state index is 15.0. The minimum atomic E-state index is -2.34. The second kappa shape index (κ2) is 15.8. The van der Waals surface area contributed by atoms with Crippen LogP contribution in [0.5, 0.6) is 0 Å². The van der Waals surface area contributed by atoms with Gasteiger partial charge < -0.3 is 49.2 Å². The van der Waals surface area contributed by atoms with Crippen LogP contribution < -0.4 is 5.32 Å². The second-order valence-electron chi connectivity index (χ2n) is 18.2. The summed E-state index contributed by atoms with van der Waals surface area (Å²) in [6, 6.07) is 13.4. The van der Waals surface area contributed by atoms with Crippen LogP contribution in [0.15, 0.2) is 65.7 Å². The Bertz CT molecular complexity index is 1980. The van der Waals surface area contributed by atoms with E-state index >= 15 is 0 Å². The third-order valence-electron chi connectivity index (χ3n) is 13.0. The predicted octanol–water partition coefficient (Wildman–Crippen LogP) is 2.72. The van der Waals surface area contributed by atoms with E-state index in [1.165, 1.54) is 26.0 Å². The van der Waals surface area contributed by atoms with Gasteiger partial charge in [-0.05, 0) is 70.4 Å². The molecule has 2 bridgehead atoms. The van der Waals surface area contributed by atoms with Gasteiger partial charge in [0.15, 0.2) is 17.5 Å². The lowest BCUT2D eigenvalue weighted by molar-refractivity contribution is -0.346. The summed E-state index contributed by atoms with van der Waals surface area (Å²) in [7, 11) is 0. The van der Waals surface area contributed by atoms with Gasteiger partial charge in [-0.1, -0.05) is 61.9 Å². The van der Waals surface area contributed by atoms with Crippen molar-refractivity contribution in [2.45, 2.75) is 141 Å². The van der Waals surface area contributed by atoms with Crippen LogP contribution in [0.1, 0.15) is 95.8 Å². The zero-order valence-corrected chi connectivity index (χ0v) is 34.9. The fraction of sp³-hybridized carbons (Fsp3) is 0.591. The first-order chi connectivity index (χ1) is 27.4. The number of aliphatic hydroxyl groups excluding tert-OH is 4. The highest BCUT2D eigenvalue weighted by Gasteiger charge is 2.78. The van der Waals surface area contributed by atoms with E-state index < -0.39 is 113 Å². The van der Waals surface area contributed by atoms with Gasteiger partial charge in [0.1, 0.15) is 30.0 Å². The molecule has 1 aliphatic heterocycles. The van der Waals surface area contributed by atoms with E-state index in [2.05, 4.69) is 5.32 Å². The fourth-order valence-electron chi connectivity index (χ4n) is 9.79. The van der Waals surface area contributed by atoms with Gasteiger partial charge in [-0.25, -0.2) is 9.59 Å². The second-order valence-corrected chi connectivity index (χ2v) is 18.2. The maximum absolute atomic E-state index is 15.0. The number of Topliss-reactive ketones (excluding diaryl/α,β-unsaturated/α-hetero) is 1. The van der Waals surface area contributed by atoms with E-state index in [1.807, 2.05) is 6.92 Å². The van der Waals surface area contributed by atoms with E-state index in [0.29, 0.717) is 5.56 Å². The number of aliphatic hydroxyl groups is 5. The van der Waals surface area contributed by atoms with Crippen molar-refractivity contribution in [2.24, 2.45) is 16.7 Å². The summed E-state index contributed by atoms with van der Waals surface area (Å²) < 4.78 is 29.8. The number of benzene rings is 2. The van der Waals surface area contributed by atoms with Crippen molar-refractivity contribution in [3.63, 3.8) is 0 Å². The van der Waals surface area contributed by atoms with Crippen molar-refractivity contribution >= 4 is 23.7 Å². The van der Waals surface area contributed by atoms with Crippen molar-refractivity contribution in [3.8, 4) is 0 Å². The summed E-state index contributed by atoms with van der Waals surface area (Å²) in [5, 5.41) is 62.8. The summed E-state index contributed by atoms with van der Waals surface area (Å²) in [5.74, 6) is -5.29. The molecule has 12 atom stereocenters. The maximum Gasteiger partial charge on any atom is 0.338 e. The molecule has 3 aliphatic carbocycles. The lowest BCUT2D eigenvalue weighted by Gasteiger charge is -2.67. The molecule has 2 saturated carbocycles. The van der Waals surface area contributed by atoms with Gasteiger partial charge in [-0.3, -0.25) is 14.9 Å². The van der Waals surface area contributed by atoms with Crippen LogP contribution in [0.4, 0.5) is 0 Å². The SMILES string of the molecule is CC(=O)O[C@@]12CO[C@@H]1C[C@H](O)[C@@]1(C)C(=O)[C@H](O)C3=C(C)[C@@H](OC(=O)[C@H](O)[C@@H](NC(O)OC(C)(C)C)c4ccc(C)cc4)C[C@@](O)([C@@H](OC(=O)c4ccccc4)[C@H]21)C3(C)C. The van der Waals surface area contributed by atoms with E-state index in [9.17, 15) is 44.7 Å². The molecule has 15 nitrogen and oxygen atoms in total. The van der Waals surface area contributed by atoms with Gasteiger partial charge in [0.2, 0.25) is 6.41 Å². The normalized spacial score (nSPS) is 34.1. The zero-order chi connectivity index (χ0) is 43.6. The first-order valence-corrected chi connectivity index (χ1v) is 19.9. The van der Waals surface area contributed by atoms with Crippen molar-refractivity contribution in [1.82, 2.24) is 5.32 Å². The largest absolute Gasteiger partial charge is 0.456 e. The molecule has 4 aliphatic rings. The number of rotatable bonds is 10. The highest BCUT2D eigenvalue weighted by Crippen LogP contribution is 2.64. The summed E-state index contributed by atoms with van der Waals surface area (Å²) >= 11 is 0. The quantitative estimate of drug-likeness (QED) is 0.0877. The minimum absolute atomic E-state index is 0.0492. The summed E-state index contributed by atoms with van der Waals surface area (Å²) in [5.41, 5.74) is -7.01. The Morgan fingerprint density at radius 1 is 0.949 bits per heavy atom. The molecule has 3 fully saturated rings. The van der Waals surface area contributed by atoms with Crippen molar-refractivity contribution < 1.29 is 68.4 Å². The molecule has 0 amide bonds. The van der Waals surface area contributed by atoms with E-state index in [-0.39, 0.29) is 29.7 Å². The lowest BCUT2D eigenvalue weighted by atomic mass is 9.44. The summed E-state index contributed by atoms with van der Waals surface area (Å²) in [4.78, 5) is 56.2. The van der Waals surface area contributed by atoms with Crippen molar-refractivity contribution in [1.29, 1.82) is 0 Å². The molecule has 2 aromatic rings. The van der Waals surface area contributed by atoms with Gasteiger partial charge in [0.25, 0.3) is 0 Å². The van der Waals surface area contributed by atoms with Crippen LogP contribution in [-0.4, -0.2) is 116 Å². The highest BCUT2D eigenvalue weighted by atomic mass is 16.6. The molecule has 15 heteroatoms. The number of hydrogen-bond donors (Lipinski definition) is 6. The third-order valence-corrected chi connectivity index (χ3v) is 13.0. The zero-order valence-electron chi connectivity index (χ0n) is 34.9. The molecule has 322 valence electrons. The Balaban J connectivity index is 1.48. The highest BCUT2D eigenvalue weighted by molar-refractivity contribution is 5.94. The Morgan fingerprint density at radius 2 is 1.58 bits per heavy atom. The number of hydrogen-bond acceptors (Lipinski definition) is 15. The van der Waals surface area contributed by atoms with Crippen molar-refractivity contribution in [3.05, 3.63) is 82.4 Å². The van der Waals surface area contributed by atoms with E-state index in [4.69, 9.17) is 23.7 Å². The van der Waals surface area contributed by atoms with Crippen LogP contribution in [-0.2, 0) is 38.1 Å². The van der Waals surface area contributed by atoms with Crippen LogP contribution >= 0.6 is 0 Å². The predicted molar refractivity (Wildman–Crippen MR) is 209 cm³/mol. The number of esters is 3. The van der Waals surface area contributed by atoms with Crippen LogP contribution in [0.3, 0.4) is 0 Å². The van der Waals surface area contributed by atoms with E-state index in [0.717, 1.165) is 12.5 Å². The number of aryl methyl sites for hydroxylation is 1. The molecular weight excluding hydrogens is 766 g/mol. The Kier molecular flexibility index (Phi) is 11.9. The molecule has 1 heterocycles. The van der Waals surface area contributed by atoms with Gasteiger partial charge in [0.05, 0.1) is 41.3 Å². The number of carbonyl (C=O) groups is 4. The first kappa shape index (κ1) is 44.5.